The zero-order valence-electron chi connectivity index (χ0n) is 19.6. The maximum absolute atomic E-state index is 13.8. The fraction of sp³-hybridized carbons (Fsp3) is 0.241. The van der Waals surface area contributed by atoms with Gasteiger partial charge in [-0.2, -0.15) is 0 Å². The third-order valence-corrected chi connectivity index (χ3v) is 7.38. The molecule has 1 amide bonds. The molecule has 1 N–H and O–H groups in total. The van der Waals surface area contributed by atoms with E-state index >= 15 is 0 Å². The van der Waals surface area contributed by atoms with Gasteiger partial charge in [0.2, 0.25) is 0 Å². The number of aldehydes is 1. The fourth-order valence-corrected chi connectivity index (χ4v) is 5.38. The van der Waals surface area contributed by atoms with Crippen molar-refractivity contribution in [3.8, 4) is 0 Å². The van der Waals surface area contributed by atoms with Crippen LogP contribution >= 0.6 is 11.6 Å². The highest BCUT2D eigenvalue weighted by atomic mass is 35.5. The Morgan fingerprint density at radius 2 is 1.71 bits per heavy atom. The zero-order valence-corrected chi connectivity index (χ0v) is 20.3. The molecule has 3 aromatic carbocycles. The van der Waals surface area contributed by atoms with Crippen LogP contribution in [-0.2, 0) is 12.1 Å². The van der Waals surface area contributed by atoms with Crippen molar-refractivity contribution in [3.05, 3.63) is 106 Å². The van der Waals surface area contributed by atoms with Gasteiger partial charge in [-0.05, 0) is 55.2 Å². The standard InChI is InChI=1S/C29H27ClN2O3/c1-20-27(24-9-5-6-10-26(24)32(20)18-21-7-3-2-4-8-21)28(34)31-15-13-29(35,14-16-31)25-17-23(30)12-11-22(25)19-33/h2-12,17,19,35H,13-16,18H2,1H3. The maximum Gasteiger partial charge on any atom is 0.256 e. The third-order valence-electron chi connectivity index (χ3n) is 7.15. The van der Waals surface area contributed by atoms with Gasteiger partial charge in [0.15, 0.2) is 0 Å². The van der Waals surface area contributed by atoms with Crippen LogP contribution < -0.4 is 0 Å². The summed E-state index contributed by atoms with van der Waals surface area (Å²) >= 11 is 6.15. The Morgan fingerprint density at radius 3 is 2.43 bits per heavy atom. The van der Waals surface area contributed by atoms with Crippen LogP contribution in [0.2, 0.25) is 5.02 Å². The number of nitrogens with zero attached hydrogens (tertiary/aromatic N) is 2. The van der Waals surface area contributed by atoms with E-state index in [9.17, 15) is 14.7 Å². The molecule has 6 heteroatoms. The minimum absolute atomic E-state index is 0.0331. The van der Waals surface area contributed by atoms with E-state index in [2.05, 4.69) is 22.8 Å². The second-order valence-electron chi connectivity index (χ2n) is 9.22. The van der Waals surface area contributed by atoms with E-state index in [1.165, 1.54) is 5.56 Å². The molecule has 1 aliphatic rings. The summed E-state index contributed by atoms with van der Waals surface area (Å²) in [5, 5.41) is 12.8. The quantitative estimate of drug-likeness (QED) is 0.374. The van der Waals surface area contributed by atoms with Crippen LogP contribution in [0.5, 0.6) is 0 Å². The SMILES string of the molecule is Cc1c(C(=O)N2CCC(O)(c3cc(Cl)ccc3C=O)CC2)c2ccccc2n1Cc1ccccc1. The topological polar surface area (TPSA) is 62.5 Å². The van der Waals surface area contributed by atoms with Gasteiger partial charge >= 0.3 is 0 Å². The van der Waals surface area contributed by atoms with E-state index in [-0.39, 0.29) is 5.91 Å². The number of aromatic nitrogens is 1. The highest BCUT2D eigenvalue weighted by Crippen LogP contribution is 2.37. The predicted molar refractivity (Wildman–Crippen MR) is 138 cm³/mol. The average Bonchev–Trinajstić information content (AvgIpc) is 3.16. The van der Waals surface area contributed by atoms with Crippen molar-refractivity contribution >= 4 is 34.7 Å². The first kappa shape index (κ1) is 23.3. The summed E-state index contributed by atoms with van der Waals surface area (Å²) in [5.74, 6) is -0.0331. The van der Waals surface area contributed by atoms with Gasteiger partial charge in [-0.1, -0.05) is 60.1 Å². The van der Waals surface area contributed by atoms with Crippen LogP contribution in [0.15, 0.2) is 72.8 Å². The summed E-state index contributed by atoms with van der Waals surface area (Å²) in [6.45, 7) is 3.46. The molecule has 4 aromatic rings. The highest BCUT2D eigenvalue weighted by molar-refractivity contribution is 6.30. The van der Waals surface area contributed by atoms with Crippen molar-refractivity contribution in [1.82, 2.24) is 9.47 Å². The number of carbonyl (C=O) groups excluding carboxylic acids is 2. The lowest BCUT2D eigenvalue weighted by Crippen LogP contribution is -2.45. The molecule has 5 nitrogen and oxygen atoms in total. The lowest BCUT2D eigenvalue weighted by atomic mass is 9.82. The summed E-state index contributed by atoms with van der Waals surface area (Å²) in [6, 6.07) is 23.2. The van der Waals surface area contributed by atoms with Crippen LogP contribution in [-0.4, -0.2) is 39.9 Å². The summed E-state index contributed by atoms with van der Waals surface area (Å²) in [5.41, 5.74) is 3.59. The predicted octanol–water partition coefficient (Wildman–Crippen LogP) is 5.59. The Kier molecular flexibility index (Phi) is 6.22. The molecule has 2 heterocycles. The average molecular weight is 487 g/mol. The first-order chi connectivity index (χ1) is 16.9. The number of fused-ring (bicyclic) bond motifs is 1. The van der Waals surface area contributed by atoms with E-state index in [1.807, 2.05) is 43.3 Å². The van der Waals surface area contributed by atoms with E-state index in [0.29, 0.717) is 54.2 Å². The van der Waals surface area contributed by atoms with Crippen molar-refractivity contribution < 1.29 is 14.7 Å². The zero-order chi connectivity index (χ0) is 24.6. The van der Waals surface area contributed by atoms with Crippen molar-refractivity contribution in [2.24, 2.45) is 0 Å². The molecular formula is C29H27ClN2O3. The van der Waals surface area contributed by atoms with Crippen LogP contribution in [0.3, 0.4) is 0 Å². The Balaban J connectivity index is 1.44. The lowest BCUT2D eigenvalue weighted by Gasteiger charge is -2.39. The normalized spacial score (nSPS) is 15.3. The minimum Gasteiger partial charge on any atom is -0.385 e. The number of hydrogen-bond donors (Lipinski definition) is 1. The molecule has 0 bridgehead atoms. The number of para-hydroxylation sites is 1. The largest absolute Gasteiger partial charge is 0.385 e. The molecule has 1 aliphatic heterocycles. The molecule has 0 spiro atoms. The molecule has 0 saturated carbocycles. The van der Waals surface area contributed by atoms with Crippen molar-refractivity contribution in [2.45, 2.75) is 31.9 Å². The molecule has 0 radical (unpaired) electrons. The Hall–Kier alpha value is -3.41. The van der Waals surface area contributed by atoms with Crippen molar-refractivity contribution in [2.75, 3.05) is 13.1 Å². The van der Waals surface area contributed by atoms with Crippen LogP contribution in [0.1, 0.15) is 50.4 Å². The molecule has 1 aromatic heterocycles. The van der Waals surface area contributed by atoms with Crippen LogP contribution in [0.4, 0.5) is 0 Å². The molecule has 0 aliphatic carbocycles. The number of likely N-dealkylation sites (tertiary alicyclic amines) is 1. The Bertz CT molecular complexity index is 1400. The molecule has 5 rings (SSSR count). The van der Waals surface area contributed by atoms with E-state index in [4.69, 9.17) is 11.6 Å². The van der Waals surface area contributed by atoms with Gasteiger partial charge in [-0.15, -0.1) is 0 Å². The minimum atomic E-state index is -1.20. The molecule has 0 atom stereocenters. The number of piperidine rings is 1. The van der Waals surface area contributed by atoms with Gasteiger partial charge in [0.25, 0.3) is 5.91 Å². The smallest absolute Gasteiger partial charge is 0.256 e. The van der Waals surface area contributed by atoms with Gasteiger partial charge in [0, 0.05) is 46.8 Å². The molecule has 35 heavy (non-hydrogen) atoms. The summed E-state index contributed by atoms with van der Waals surface area (Å²) in [7, 11) is 0. The first-order valence-electron chi connectivity index (χ1n) is 11.8. The van der Waals surface area contributed by atoms with Gasteiger partial charge < -0.3 is 14.6 Å². The first-order valence-corrected chi connectivity index (χ1v) is 12.2. The number of amides is 1. The summed E-state index contributed by atoms with van der Waals surface area (Å²) < 4.78 is 2.19. The number of aliphatic hydroxyl groups is 1. The van der Waals surface area contributed by atoms with E-state index in [1.54, 1.807) is 23.1 Å². The number of benzene rings is 3. The fourth-order valence-electron chi connectivity index (χ4n) is 5.21. The third kappa shape index (κ3) is 4.26. The van der Waals surface area contributed by atoms with Gasteiger partial charge in [0.1, 0.15) is 6.29 Å². The van der Waals surface area contributed by atoms with E-state index in [0.717, 1.165) is 22.9 Å². The highest BCUT2D eigenvalue weighted by Gasteiger charge is 2.38. The number of halogens is 1. The van der Waals surface area contributed by atoms with Gasteiger partial charge in [-0.3, -0.25) is 9.59 Å². The number of carbonyl (C=O) groups is 2. The summed E-state index contributed by atoms with van der Waals surface area (Å²) in [6.07, 6.45) is 1.41. The molecular weight excluding hydrogens is 460 g/mol. The van der Waals surface area contributed by atoms with Gasteiger partial charge in [-0.25, -0.2) is 0 Å². The molecule has 178 valence electrons. The van der Waals surface area contributed by atoms with Crippen molar-refractivity contribution in [3.63, 3.8) is 0 Å². The summed E-state index contributed by atoms with van der Waals surface area (Å²) in [4.78, 5) is 27.1. The number of hydrogen-bond acceptors (Lipinski definition) is 3. The monoisotopic (exact) mass is 486 g/mol. The van der Waals surface area contributed by atoms with E-state index < -0.39 is 5.60 Å². The lowest BCUT2D eigenvalue weighted by molar-refractivity contribution is -0.0214. The molecule has 0 unspecified atom stereocenters. The Morgan fingerprint density at radius 1 is 1.03 bits per heavy atom. The van der Waals surface area contributed by atoms with Crippen molar-refractivity contribution in [1.29, 1.82) is 0 Å². The van der Waals surface area contributed by atoms with Crippen LogP contribution in [0.25, 0.3) is 10.9 Å². The van der Waals surface area contributed by atoms with Gasteiger partial charge in [0.05, 0.1) is 11.2 Å². The second-order valence-corrected chi connectivity index (χ2v) is 9.66. The second kappa shape index (κ2) is 9.33. The van der Waals surface area contributed by atoms with Crippen LogP contribution in [0, 0.1) is 6.92 Å². The maximum atomic E-state index is 13.8. The number of rotatable bonds is 5. The molecule has 1 fully saturated rings. The molecule has 1 saturated heterocycles. The Labute approximate surface area is 209 Å².